The Morgan fingerprint density at radius 3 is 2.39 bits per heavy atom. The average Bonchev–Trinajstić information content (AvgIpc) is 2.69. The van der Waals surface area contributed by atoms with Gasteiger partial charge >= 0.3 is 0 Å². The second-order valence-corrected chi connectivity index (χ2v) is 7.36. The van der Waals surface area contributed by atoms with Crippen LogP contribution in [0.5, 0.6) is 5.75 Å². The minimum Gasteiger partial charge on any atom is -0.505 e. The van der Waals surface area contributed by atoms with Gasteiger partial charge < -0.3 is 20.8 Å². The maximum atomic E-state index is 11.1. The first-order valence-electron chi connectivity index (χ1n) is 8.86. The molecule has 0 aromatic heterocycles. The summed E-state index contributed by atoms with van der Waals surface area (Å²) >= 11 is 1.63. The van der Waals surface area contributed by atoms with Crippen LogP contribution in [0.1, 0.15) is 18.1 Å². The van der Waals surface area contributed by atoms with Crippen LogP contribution >= 0.6 is 11.8 Å². The van der Waals surface area contributed by atoms with Gasteiger partial charge in [0.05, 0.1) is 12.3 Å². The van der Waals surface area contributed by atoms with Crippen LogP contribution in [0.2, 0.25) is 0 Å². The summed E-state index contributed by atoms with van der Waals surface area (Å²) < 4.78 is 0. The molecule has 0 unspecified atom stereocenters. The van der Waals surface area contributed by atoms with Crippen molar-refractivity contribution in [3.63, 3.8) is 0 Å². The normalized spacial score (nSPS) is 10.5. The van der Waals surface area contributed by atoms with Gasteiger partial charge in [0.15, 0.2) is 0 Å². The van der Waals surface area contributed by atoms with E-state index in [1.54, 1.807) is 30.0 Å². The molecule has 0 atom stereocenters. The highest BCUT2D eigenvalue weighted by molar-refractivity contribution is 7.99. The number of benzene rings is 3. The highest BCUT2D eigenvalue weighted by Gasteiger charge is 2.08. The second kappa shape index (κ2) is 9.30. The fourth-order valence-electron chi connectivity index (χ4n) is 2.74. The smallest absolute Gasteiger partial charge is 0.221 e. The number of para-hydroxylation sites is 1. The van der Waals surface area contributed by atoms with E-state index in [2.05, 4.69) is 10.6 Å². The fourth-order valence-corrected chi connectivity index (χ4v) is 3.68. The molecule has 0 aliphatic heterocycles. The van der Waals surface area contributed by atoms with Gasteiger partial charge in [0.25, 0.3) is 0 Å². The standard InChI is InChI=1S/C22H22N2O3S/c1-15(26)24-18-9-11-19(12-10-18)28-21-8-3-2-5-16(21)13-23-20-7-4-6-17(14-25)22(20)27/h2-12,23,25,27H,13-14H2,1H3,(H,24,26). The molecule has 5 nitrogen and oxygen atoms in total. The van der Waals surface area contributed by atoms with Crippen molar-refractivity contribution in [1.29, 1.82) is 0 Å². The third kappa shape index (κ3) is 5.06. The maximum Gasteiger partial charge on any atom is 0.221 e. The lowest BCUT2D eigenvalue weighted by Gasteiger charge is -2.13. The number of aliphatic hydroxyl groups is 1. The number of anilines is 2. The van der Waals surface area contributed by atoms with Crippen LogP contribution in [-0.2, 0) is 17.9 Å². The van der Waals surface area contributed by atoms with E-state index in [1.807, 2.05) is 48.5 Å². The molecule has 0 fully saturated rings. The molecule has 0 saturated carbocycles. The van der Waals surface area contributed by atoms with E-state index in [-0.39, 0.29) is 18.3 Å². The molecule has 3 rings (SSSR count). The van der Waals surface area contributed by atoms with Gasteiger partial charge in [0, 0.05) is 34.5 Å². The predicted molar refractivity (Wildman–Crippen MR) is 113 cm³/mol. The van der Waals surface area contributed by atoms with Gasteiger partial charge in [-0.3, -0.25) is 4.79 Å². The largest absolute Gasteiger partial charge is 0.505 e. The third-order valence-corrected chi connectivity index (χ3v) is 5.26. The number of hydrogen-bond donors (Lipinski definition) is 4. The average molecular weight is 394 g/mol. The zero-order valence-corrected chi connectivity index (χ0v) is 16.3. The van der Waals surface area contributed by atoms with Gasteiger partial charge in [-0.2, -0.15) is 0 Å². The van der Waals surface area contributed by atoms with Crippen molar-refractivity contribution < 1.29 is 15.0 Å². The van der Waals surface area contributed by atoms with Crippen molar-refractivity contribution in [3.8, 4) is 5.75 Å². The number of phenols is 1. The molecule has 144 valence electrons. The second-order valence-electron chi connectivity index (χ2n) is 6.24. The van der Waals surface area contributed by atoms with Crippen molar-refractivity contribution in [1.82, 2.24) is 0 Å². The first-order chi connectivity index (χ1) is 13.6. The van der Waals surface area contributed by atoms with Gasteiger partial charge in [-0.05, 0) is 42.0 Å². The summed E-state index contributed by atoms with van der Waals surface area (Å²) in [6, 6.07) is 21.0. The zero-order valence-electron chi connectivity index (χ0n) is 15.5. The fraction of sp³-hybridized carbons (Fsp3) is 0.136. The van der Waals surface area contributed by atoms with Crippen molar-refractivity contribution in [3.05, 3.63) is 77.9 Å². The van der Waals surface area contributed by atoms with E-state index in [0.717, 1.165) is 21.0 Å². The number of carbonyl (C=O) groups is 1. The summed E-state index contributed by atoms with van der Waals surface area (Å²) in [7, 11) is 0. The molecule has 3 aromatic rings. The Morgan fingerprint density at radius 1 is 0.964 bits per heavy atom. The number of nitrogens with one attached hydrogen (secondary N) is 2. The summed E-state index contributed by atoms with van der Waals surface area (Å²) in [5, 5.41) is 25.5. The van der Waals surface area contributed by atoms with Gasteiger partial charge in [-0.1, -0.05) is 42.1 Å². The van der Waals surface area contributed by atoms with E-state index in [9.17, 15) is 15.0 Å². The molecule has 0 aliphatic rings. The Kier molecular flexibility index (Phi) is 6.57. The lowest BCUT2D eigenvalue weighted by molar-refractivity contribution is -0.114. The molecular formula is C22H22N2O3S. The third-order valence-electron chi connectivity index (χ3n) is 4.13. The van der Waals surface area contributed by atoms with Crippen LogP contribution in [0.25, 0.3) is 0 Å². The van der Waals surface area contributed by atoms with E-state index in [4.69, 9.17) is 0 Å². The monoisotopic (exact) mass is 394 g/mol. The maximum absolute atomic E-state index is 11.1. The van der Waals surface area contributed by atoms with Crippen molar-refractivity contribution in [2.45, 2.75) is 29.9 Å². The molecule has 4 N–H and O–H groups in total. The summed E-state index contributed by atoms with van der Waals surface area (Å²) in [5.41, 5.74) is 2.94. The van der Waals surface area contributed by atoms with E-state index in [0.29, 0.717) is 17.8 Å². The number of aromatic hydroxyl groups is 1. The van der Waals surface area contributed by atoms with Crippen LogP contribution in [-0.4, -0.2) is 16.1 Å². The molecule has 28 heavy (non-hydrogen) atoms. The molecule has 0 bridgehead atoms. The molecule has 3 aromatic carbocycles. The highest BCUT2D eigenvalue weighted by Crippen LogP contribution is 2.33. The minimum atomic E-state index is -0.206. The van der Waals surface area contributed by atoms with E-state index < -0.39 is 0 Å². The number of aliphatic hydroxyl groups excluding tert-OH is 1. The quantitative estimate of drug-likeness (QED) is 0.440. The lowest BCUT2D eigenvalue weighted by atomic mass is 10.1. The topological polar surface area (TPSA) is 81.6 Å². The Balaban J connectivity index is 1.72. The number of carbonyl (C=O) groups excluding carboxylic acids is 1. The van der Waals surface area contributed by atoms with Crippen LogP contribution < -0.4 is 10.6 Å². The minimum absolute atomic E-state index is 0.0729. The molecule has 0 aliphatic carbocycles. The summed E-state index contributed by atoms with van der Waals surface area (Å²) in [6.07, 6.45) is 0. The highest BCUT2D eigenvalue weighted by atomic mass is 32.2. The van der Waals surface area contributed by atoms with Crippen molar-refractivity contribution in [2.75, 3.05) is 10.6 Å². The molecule has 1 amide bonds. The van der Waals surface area contributed by atoms with Crippen LogP contribution in [0.15, 0.2) is 76.5 Å². The summed E-state index contributed by atoms with van der Waals surface area (Å²) in [5.74, 6) is -0.0194. The molecular weight excluding hydrogens is 372 g/mol. The predicted octanol–water partition coefficient (Wildman–Crippen LogP) is 4.61. The Morgan fingerprint density at radius 2 is 1.68 bits per heavy atom. The van der Waals surface area contributed by atoms with Crippen LogP contribution in [0, 0.1) is 0 Å². The first-order valence-corrected chi connectivity index (χ1v) is 9.67. The van der Waals surface area contributed by atoms with E-state index >= 15 is 0 Å². The van der Waals surface area contributed by atoms with Gasteiger partial charge in [-0.25, -0.2) is 0 Å². The van der Waals surface area contributed by atoms with Crippen molar-refractivity contribution in [2.24, 2.45) is 0 Å². The molecule has 0 saturated heterocycles. The number of amides is 1. The molecule has 0 radical (unpaired) electrons. The van der Waals surface area contributed by atoms with Gasteiger partial charge in [-0.15, -0.1) is 0 Å². The molecule has 0 spiro atoms. The van der Waals surface area contributed by atoms with Gasteiger partial charge in [0.1, 0.15) is 5.75 Å². The number of rotatable bonds is 7. The molecule has 0 heterocycles. The molecule has 6 heteroatoms. The Hall–Kier alpha value is -2.96. The Labute approximate surface area is 168 Å². The summed E-state index contributed by atoms with van der Waals surface area (Å²) in [6.45, 7) is 1.82. The van der Waals surface area contributed by atoms with Crippen LogP contribution in [0.3, 0.4) is 0 Å². The van der Waals surface area contributed by atoms with Gasteiger partial charge in [0.2, 0.25) is 5.91 Å². The Bertz CT molecular complexity index is 958. The summed E-state index contributed by atoms with van der Waals surface area (Å²) in [4.78, 5) is 13.3. The van der Waals surface area contributed by atoms with Crippen LogP contribution in [0.4, 0.5) is 11.4 Å². The lowest BCUT2D eigenvalue weighted by Crippen LogP contribution is -2.05. The number of hydrogen-bond acceptors (Lipinski definition) is 5. The van der Waals surface area contributed by atoms with Crippen molar-refractivity contribution >= 4 is 29.0 Å². The first kappa shape index (κ1) is 19.8. The zero-order chi connectivity index (χ0) is 19.9. The SMILES string of the molecule is CC(=O)Nc1ccc(Sc2ccccc2CNc2cccc(CO)c2O)cc1. The van der Waals surface area contributed by atoms with E-state index in [1.165, 1.54) is 6.92 Å².